The standard InChI is InChI=1S/C23H35N3O2/c1-2-21(19-6-4-3-5-7-19)23(28)26-16-12-20(13-17-26)25-22(27)9-8-18-10-14-24-15-11-18/h3-7,18,20-21,24H,2,8-17H2,1H3,(H,25,27). The summed E-state index contributed by atoms with van der Waals surface area (Å²) in [5.74, 6) is 1.04. The van der Waals surface area contributed by atoms with Crippen LogP contribution in [0.15, 0.2) is 30.3 Å². The number of rotatable bonds is 7. The van der Waals surface area contributed by atoms with Gasteiger partial charge >= 0.3 is 0 Å². The summed E-state index contributed by atoms with van der Waals surface area (Å²) in [5.41, 5.74) is 1.10. The SMILES string of the molecule is CCC(C(=O)N1CCC(NC(=O)CCC2CCNCC2)CC1)c1ccccc1. The number of hydrogen-bond acceptors (Lipinski definition) is 3. The zero-order chi connectivity index (χ0) is 19.8. The average Bonchev–Trinajstić information content (AvgIpc) is 2.75. The molecule has 5 nitrogen and oxygen atoms in total. The second-order valence-corrected chi connectivity index (χ2v) is 8.27. The van der Waals surface area contributed by atoms with Crippen molar-refractivity contribution in [3.05, 3.63) is 35.9 Å². The van der Waals surface area contributed by atoms with Crippen molar-refractivity contribution in [1.29, 1.82) is 0 Å². The molecule has 2 aliphatic rings. The van der Waals surface area contributed by atoms with Crippen molar-refractivity contribution in [3.63, 3.8) is 0 Å². The summed E-state index contributed by atoms with van der Waals surface area (Å²) in [7, 11) is 0. The normalized spacial score (nSPS) is 20.0. The molecular formula is C23H35N3O2. The van der Waals surface area contributed by atoms with Gasteiger partial charge in [0.2, 0.25) is 11.8 Å². The first-order valence-corrected chi connectivity index (χ1v) is 11.0. The van der Waals surface area contributed by atoms with Crippen LogP contribution in [-0.2, 0) is 9.59 Å². The highest BCUT2D eigenvalue weighted by Gasteiger charge is 2.28. The molecule has 2 aliphatic heterocycles. The van der Waals surface area contributed by atoms with Gasteiger partial charge < -0.3 is 15.5 Å². The minimum Gasteiger partial charge on any atom is -0.353 e. The third-order valence-electron chi connectivity index (χ3n) is 6.32. The number of nitrogens with one attached hydrogen (secondary N) is 2. The highest BCUT2D eigenvalue weighted by molar-refractivity contribution is 5.84. The van der Waals surface area contributed by atoms with Gasteiger partial charge in [-0.05, 0) is 63.1 Å². The van der Waals surface area contributed by atoms with Gasteiger partial charge in [-0.15, -0.1) is 0 Å². The van der Waals surface area contributed by atoms with Crippen molar-refractivity contribution in [3.8, 4) is 0 Å². The Labute approximate surface area is 169 Å². The largest absolute Gasteiger partial charge is 0.353 e. The topological polar surface area (TPSA) is 61.4 Å². The summed E-state index contributed by atoms with van der Waals surface area (Å²) >= 11 is 0. The van der Waals surface area contributed by atoms with E-state index in [4.69, 9.17) is 0 Å². The van der Waals surface area contributed by atoms with Crippen LogP contribution in [0.4, 0.5) is 0 Å². The predicted octanol–water partition coefficient (Wildman–Crippen LogP) is 3.07. The molecule has 0 aliphatic carbocycles. The van der Waals surface area contributed by atoms with E-state index in [1.807, 2.05) is 35.2 Å². The minimum absolute atomic E-state index is 0.0580. The molecule has 0 radical (unpaired) electrons. The molecule has 2 saturated heterocycles. The van der Waals surface area contributed by atoms with Crippen LogP contribution in [0.1, 0.15) is 63.4 Å². The molecule has 2 fully saturated rings. The number of carbonyl (C=O) groups is 2. The Hall–Kier alpha value is -1.88. The molecule has 5 heteroatoms. The quantitative estimate of drug-likeness (QED) is 0.758. The maximum atomic E-state index is 13.0. The van der Waals surface area contributed by atoms with Crippen LogP contribution in [0.25, 0.3) is 0 Å². The van der Waals surface area contributed by atoms with Crippen LogP contribution in [0.3, 0.4) is 0 Å². The molecule has 1 atom stereocenters. The fourth-order valence-corrected chi connectivity index (χ4v) is 4.51. The Morgan fingerprint density at radius 3 is 2.43 bits per heavy atom. The number of piperidine rings is 2. The van der Waals surface area contributed by atoms with Gasteiger partial charge in [0, 0.05) is 25.6 Å². The van der Waals surface area contributed by atoms with Crippen molar-refractivity contribution < 1.29 is 9.59 Å². The molecule has 0 bridgehead atoms. The molecule has 2 N–H and O–H groups in total. The second kappa shape index (κ2) is 10.6. The number of nitrogens with zero attached hydrogens (tertiary/aromatic N) is 1. The van der Waals surface area contributed by atoms with E-state index in [0.29, 0.717) is 12.3 Å². The Kier molecular flexibility index (Phi) is 7.90. The van der Waals surface area contributed by atoms with Gasteiger partial charge in [-0.25, -0.2) is 0 Å². The van der Waals surface area contributed by atoms with Crippen molar-refractivity contribution >= 4 is 11.8 Å². The molecule has 2 heterocycles. The van der Waals surface area contributed by atoms with Crippen LogP contribution in [-0.4, -0.2) is 48.9 Å². The first-order valence-electron chi connectivity index (χ1n) is 11.0. The first kappa shape index (κ1) is 20.8. The molecule has 1 aromatic rings. The fourth-order valence-electron chi connectivity index (χ4n) is 4.51. The minimum atomic E-state index is -0.0580. The number of hydrogen-bond donors (Lipinski definition) is 2. The smallest absolute Gasteiger partial charge is 0.230 e. The Balaban J connectivity index is 1.41. The lowest BCUT2D eigenvalue weighted by Gasteiger charge is -2.34. The summed E-state index contributed by atoms with van der Waals surface area (Å²) < 4.78 is 0. The van der Waals surface area contributed by atoms with E-state index in [9.17, 15) is 9.59 Å². The average molecular weight is 386 g/mol. The molecule has 28 heavy (non-hydrogen) atoms. The van der Waals surface area contributed by atoms with Gasteiger partial charge in [-0.1, -0.05) is 37.3 Å². The van der Waals surface area contributed by atoms with Crippen LogP contribution < -0.4 is 10.6 Å². The van der Waals surface area contributed by atoms with E-state index in [1.165, 1.54) is 12.8 Å². The van der Waals surface area contributed by atoms with Gasteiger partial charge in [0.1, 0.15) is 0 Å². The van der Waals surface area contributed by atoms with E-state index in [2.05, 4.69) is 17.6 Å². The predicted molar refractivity (Wildman–Crippen MR) is 112 cm³/mol. The van der Waals surface area contributed by atoms with Crippen molar-refractivity contribution in [2.45, 2.75) is 63.8 Å². The molecule has 1 aromatic carbocycles. The van der Waals surface area contributed by atoms with Crippen LogP contribution >= 0.6 is 0 Å². The molecule has 0 saturated carbocycles. The van der Waals surface area contributed by atoms with E-state index < -0.39 is 0 Å². The zero-order valence-corrected chi connectivity index (χ0v) is 17.2. The maximum absolute atomic E-state index is 13.0. The van der Waals surface area contributed by atoms with Gasteiger partial charge in [0.25, 0.3) is 0 Å². The maximum Gasteiger partial charge on any atom is 0.230 e. The molecule has 0 aromatic heterocycles. The van der Waals surface area contributed by atoms with E-state index in [0.717, 1.165) is 57.4 Å². The summed E-state index contributed by atoms with van der Waals surface area (Å²) in [6, 6.07) is 10.3. The monoisotopic (exact) mass is 385 g/mol. The van der Waals surface area contributed by atoms with Crippen molar-refractivity contribution in [1.82, 2.24) is 15.5 Å². The van der Waals surface area contributed by atoms with Gasteiger partial charge in [-0.2, -0.15) is 0 Å². The fraction of sp³-hybridized carbons (Fsp3) is 0.652. The Bertz CT molecular complexity index is 620. The van der Waals surface area contributed by atoms with Gasteiger partial charge in [0.15, 0.2) is 0 Å². The van der Waals surface area contributed by atoms with E-state index >= 15 is 0 Å². The van der Waals surface area contributed by atoms with E-state index in [-0.39, 0.29) is 23.8 Å². The number of carbonyl (C=O) groups excluding carboxylic acids is 2. The first-order chi connectivity index (χ1) is 13.7. The molecule has 0 spiro atoms. The van der Waals surface area contributed by atoms with Crippen molar-refractivity contribution in [2.75, 3.05) is 26.2 Å². The zero-order valence-electron chi connectivity index (χ0n) is 17.2. The van der Waals surface area contributed by atoms with Crippen molar-refractivity contribution in [2.24, 2.45) is 5.92 Å². The highest BCUT2D eigenvalue weighted by Crippen LogP contribution is 2.24. The lowest BCUT2D eigenvalue weighted by Crippen LogP contribution is -2.47. The molecule has 1 unspecified atom stereocenters. The third-order valence-corrected chi connectivity index (χ3v) is 6.32. The second-order valence-electron chi connectivity index (χ2n) is 8.27. The Morgan fingerprint density at radius 1 is 1.11 bits per heavy atom. The summed E-state index contributed by atoms with van der Waals surface area (Å²) in [6.45, 7) is 5.72. The number of likely N-dealkylation sites (tertiary alicyclic amines) is 1. The van der Waals surface area contributed by atoms with Gasteiger partial charge in [0.05, 0.1) is 5.92 Å². The lowest BCUT2D eigenvalue weighted by atomic mass is 9.92. The highest BCUT2D eigenvalue weighted by atomic mass is 16.2. The van der Waals surface area contributed by atoms with Crippen LogP contribution in [0.2, 0.25) is 0 Å². The van der Waals surface area contributed by atoms with Crippen LogP contribution in [0, 0.1) is 5.92 Å². The van der Waals surface area contributed by atoms with Gasteiger partial charge in [-0.3, -0.25) is 9.59 Å². The molecular weight excluding hydrogens is 350 g/mol. The molecule has 2 amide bonds. The van der Waals surface area contributed by atoms with E-state index in [1.54, 1.807) is 0 Å². The lowest BCUT2D eigenvalue weighted by molar-refractivity contribution is -0.134. The van der Waals surface area contributed by atoms with Crippen LogP contribution in [0.5, 0.6) is 0 Å². The summed E-state index contributed by atoms with van der Waals surface area (Å²) in [4.78, 5) is 27.3. The number of amides is 2. The third kappa shape index (κ3) is 5.81. The number of benzene rings is 1. The summed E-state index contributed by atoms with van der Waals surface area (Å²) in [5, 5.41) is 6.57. The Morgan fingerprint density at radius 2 is 1.79 bits per heavy atom. The summed E-state index contributed by atoms with van der Waals surface area (Å²) in [6.07, 6.45) is 6.54. The molecule has 3 rings (SSSR count). The molecule has 154 valence electrons.